The quantitative estimate of drug-likeness (QED) is 0.170. The lowest BCUT2D eigenvalue weighted by Gasteiger charge is -2.22. The minimum Gasteiger partial charge on any atom is -0.377 e. The molecule has 1 aliphatic rings. The third kappa shape index (κ3) is 20.8. The molecule has 1 heterocycles. The molecule has 1 fully saturated rings. The summed E-state index contributed by atoms with van der Waals surface area (Å²) in [6.45, 7) is 8.54. The smallest absolute Gasteiger partial charge is 0.157 e. The van der Waals surface area contributed by atoms with Gasteiger partial charge in [-0.05, 0) is 19.3 Å². The second-order valence-electron chi connectivity index (χ2n) is 6.60. The van der Waals surface area contributed by atoms with Crippen molar-refractivity contribution in [2.45, 2.75) is 25.6 Å². The predicted molar refractivity (Wildman–Crippen MR) is 114 cm³/mol. The Kier molecular flexibility index (Phi) is 21.7. The molecule has 31 heavy (non-hydrogen) atoms. The van der Waals surface area contributed by atoms with Gasteiger partial charge in [-0.2, -0.15) is 0 Å². The molecule has 1 saturated heterocycles. The highest BCUT2D eigenvalue weighted by Gasteiger charge is 2.13. The van der Waals surface area contributed by atoms with Crippen LogP contribution >= 0.6 is 0 Å². The van der Waals surface area contributed by atoms with Crippen LogP contribution in [-0.4, -0.2) is 112 Å². The van der Waals surface area contributed by atoms with Crippen molar-refractivity contribution in [2.75, 3.05) is 106 Å². The van der Waals surface area contributed by atoms with E-state index in [1.807, 2.05) is 0 Å². The zero-order chi connectivity index (χ0) is 22.1. The van der Waals surface area contributed by atoms with Gasteiger partial charge in [0, 0.05) is 6.61 Å². The summed E-state index contributed by atoms with van der Waals surface area (Å²) in [6, 6.07) is 0. The van der Waals surface area contributed by atoms with Crippen LogP contribution < -0.4 is 0 Å². The summed E-state index contributed by atoms with van der Waals surface area (Å²) < 4.78 is 48.6. The van der Waals surface area contributed by atoms with Crippen molar-refractivity contribution in [2.24, 2.45) is 0 Å². The number of ether oxygens (including phenoxy) is 9. The average molecular weight is 449 g/mol. The molecule has 1 rings (SSSR count). The second kappa shape index (κ2) is 23.9. The van der Waals surface area contributed by atoms with Crippen LogP contribution in [0.2, 0.25) is 0 Å². The highest BCUT2D eigenvalue weighted by atomic mass is 16.7. The molecule has 0 N–H and O–H groups in total. The van der Waals surface area contributed by atoms with Gasteiger partial charge in [-0.15, -0.1) is 6.42 Å². The Hall–Kier alpha value is -0.800. The Bertz CT molecular complexity index is 397. The highest BCUT2D eigenvalue weighted by Crippen LogP contribution is 2.13. The van der Waals surface area contributed by atoms with Crippen molar-refractivity contribution in [3.8, 4) is 12.3 Å². The van der Waals surface area contributed by atoms with E-state index in [0.29, 0.717) is 99.1 Å². The fraction of sp³-hybridized carbons (Fsp3) is 0.909. The topological polar surface area (TPSA) is 83.1 Å². The highest BCUT2D eigenvalue weighted by molar-refractivity contribution is 4.82. The summed E-state index contributed by atoms with van der Waals surface area (Å²) >= 11 is 0. The van der Waals surface area contributed by atoms with Gasteiger partial charge in [0.2, 0.25) is 0 Å². The van der Waals surface area contributed by atoms with Crippen LogP contribution in [-0.2, 0) is 42.6 Å². The first-order chi connectivity index (χ1) is 15.4. The van der Waals surface area contributed by atoms with Gasteiger partial charge < -0.3 is 42.6 Å². The first kappa shape index (κ1) is 28.2. The van der Waals surface area contributed by atoms with Crippen LogP contribution in [0.4, 0.5) is 0 Å². The SMILES string of the molecule is C#CCOCCOCCOCCOCCOCCOCCOCCOC1CCCCO1. The molecule has 1 atom stereocenters. The predicted octanol–water partition coefficient (Wildman–Crippen LogP) is 1.28. The molecule has 0 spiro atoms. The fourth-order valence-electron chi connectivity index (χ4n) is 2.53. The minimum atomic E-state index is -0.0576. The lowest BCUT2D eigenvalue weighted by Crippen LogP contribution is -2.24. The molecule has 1 unspecified atom stereocenters. The molecule has 0 saturated carbocycles. The van der Waals surface area contributed by atoms with Crippen LogP contribution in [0.15, 0.2) is 0 Å². The molecule has 9 heteroatoms. The molecule has 0 aromatic rings. The van der Waals surface area contributed by atoms with E-state index in [-0.39, 0.29) is 6.29 Å². The summed E-state index contributed by atoms with van der Waals surface area (Å²) in [6.07, 6.45) is 8.28. The van der Waals surface area contributed by atoms with Crippen LogP contribution in [0.25, 0.3) is 0 Å². The molecule has 0 aromatic heterocycles. The number of hydrogen-bond acceptors (Lipinski definition) is 9. The number of terminal acetylenes is 1. The van der Waals surface area contributed by atoms with Crippen molar-refractivity contribution < 1.29 is 42.6 Å². The van der Waals surface area contributed by atoms with Crippen molar-refractivity contribution in [3.05, 3.63) is 0 Å². The van der Waals surface area contributed by atoms with E-state index in [9.17, 15) is 0 Å². The van der Waals surface area contributed by atoms with E-state index >= 15 is 0 Å². The number of hydrogen-bond donors (Lipinski definition) is 0. The largest absolute Gasteiger partial charge is 0.377 e. The van der Waals surface area contributed by atoms with Gasteiger partial charge in [0.25, 0.3) is 0 Å². The molecule has 182 valence electrons. The van der Waals surface area contributed by atoms with E-state index in [4.69, 9.17) is 49.1 Å². The van der Waals surface area contributed by atoms with Gasteiger partial charge in [0.1, 0.15) is 6.61 Å². The first-order valence-electron chi connectivity index (χ1n) is 11.1. The monoisotopic (exact) mass is 448 g/mol. The van der Waals surface area contributed by atoms with Gasteiger partial charge in [-0.25, -0.2) is 0 Å². The molecule has 0 aromatic carbocycles. The Labute approximate surface area is 186 Å². The van der Waals surface area contributed by atoms with Gasteiger partial charge >= 0.3 is 0 Å². The molecule has 0 radical (unpaired) electrons. The standard InChI is InChI=1S/C22H40O9/c1-2-6-23-8-9-24-10-11-25-12-13-26-14-15-27-16-17-28-18-19-29-20-21-31-22-5-3-4-7-30-22/h1,22H,3-21H2. The maximum absolute atomic E-state index is 5.58. The lowest BCUT2D eigenvalue weighted by atomic mass is 10.2. The van der Waals surface area contributed by atoms with E-state index in [1.54, 1.807) is 0 Å². The summed E-state index contributed by atoms with van der Waals surface area (Å²) in [5.41, 5.74) is 0. The van der Waals surface area contributed by atoms with E-state index in [2.05, 4.69) is 5.92 Å². The molecule has 9 nitrogen and oxygen atoms in total. The van der Waals surface area contributed by atoms with E-state index in [1.165, 1.54) is 6.42 Å². The Balaban J connectivity index is 1.63. The zero-order valence-electron chi connectivity index (χ0n) is 18.8. The van der Waals surface area contributed by atoms with E-state index in [0.717, 1.165) is 19.4 Å². The summed E-state index contributed by atoms with van der Waals surface area (Å²) in [4.78, 5) is 0. The minimum absolute atomic E-state index is 0.0576. The van der Waals surface area contributed by atoms with E-state index < -0.39 is 0 Å². The average Bonchev–Trinajstić information content (AvgIpc) is 2.80. The zero-order valence-corrected chi connectivity index (χ0v) is 18.8. The van der Waals surface area contributed by atoms with Crippen molar-refractivity contribution in [1.82, 2.24) is 0 Å². The van der Waals surface area contributed by atoms with Crippen molar-refractivity contribution in [3.63, 3.8) is 0 Å². The van der Waals surface area contributed by atoms with Crippen LogP contribution in [0.1, 0.15) is 19.3 Å². The van der Waals surface area contributed by atoms with Gasteiger partial charge in [0.15, 0.2) is 6.29 Å². The second-order valence-corrected chi connectivity index (χ2v) is 6.60. The molecular weight excluding hydrogens is 408 g/mol. The Morgan fingerprint density at radius 3 is 1.39 bits per heavy atom. The number of rotatable bonds is 23. The molecule has 0 amide bonds. The summed E-state index contributed by atoms with van der Waals surface area (Å²) in [5, 5.41) is 0. The van der Waals surface area contributed by atoms with Crippen LogP contribution in [0.3, 0.4) is 0 Å². The van der Waals surface area contributed by atoms with Crippen molar-refractivity contribution in [1.29, 1.82) is 0 Å². The van der Waals surface area contributed by atoms with Gasteiger partial charge in [-0.1, -0.05) is 5.92 Å². The summed E-state index contributed by atoms with van der Waals surface area (Å²) in [7, 11) is 0. The van der Waals surface area contributed by atoms with Gasteiger partial charge in [0.05, 0.1) is 92.5 Å². The first-order valence-corrected chi connectivity index (χ1v) is 11.1. The Morgan fingerprint density at radius 2 is 1.00 bits per heavy atom. The third-order valence-electron chi connectivity index (χ3n) is 4.09. The fourth-order valence-corrected chi connectivity index (χ4v) is 2.53. The maximum atomic E-state index is 5.58. The van der Waals surface area contributed by atoms with Crippen LogP contribution in [0, 0.1) is 12.3 Å². The Morgan fingerprint density at radius 1 is 0.581 bits per heavy atom. The molecule has 1 aliphatic heterocycles. The maximum Gasteiger partial charge on any atom is 0.157 e. The van der Waals surface area contributed by atoms with Gasteiger partial charge in [-0.3, -0.25) is 0 Å². The normalized spacial score (nSPS) is 16.4. The third-order valence-corrected chi connectivity index (χ3v) is 4.09. The molecular formula is C22H40O9. The van der Waals surface area contributed by atoms with Crippen molar-refractivity contribution >= 4 is 0 Å². The molecule has 0 bridgehead atoms. The molecule has 0 aliphatic carbocycles. The van der Waals surface area contributed by atoms with Crippen LogP contribution in [0.5, 0.6) is 0 Å². The lowest BCUT2D eigenvalue weighted by molar-refractivity contribution is -0.169. The summed E-state index contributed by atoms with van der Waals surface area (Å²) in [5.74, 6) is 2.40.